The molecule has 0 atom stereocenters. The summed E-state index contributed by atoms with van der Waals surface area (Å²) in [4.78, 5) is 12.5. The van der Waals surface area contributed by atoms with Crippen molar-refractivity contribution in [2.24, 2.45) is 5.10 Å². The van der Waals surface area contributed by atoms with Crippen molar-refractivity contribution >= 4 is 23.9 Å². The van der Waals surface area contributed by atoms with Gasteiger partial charge in [-0.2, -0.15) is 5.10 Å². The Hall–Kier alpha value is -4.11. The van der Waals surface area contributed by atoms with Gasteiger partial charge >= 0.3 is 0 Å². The Morgan fingerprint density at radius 3 is 2.44 bits per heavy atom. The number of hydrogen-bond donors (Lipinski definition) is 2. The van der Waals surface area contributed by atoms with Gasteiger partial charge in [0.15, 0.2) is 22.5 Å². The monoisotopic (exact) mass is 501 g/mol. The van der Waals surface area contributed by atoms with Crippen LogP contribution in [0.5, 0.6) is 11.5 Å². The van der Waals surface area contributed by atoms with Crippen molar-refractivity contribution in [1.29, 1.82) is 0 Å². The smallest absolute Gasteiger partial charge is 0.250 e. The summed E-state index contributed by atoms with van der Waals surface area (Å²) in [6.07, 6.45) is 1.49. The molecule has 0 aliphatic carbocycles. The third-order valence-corrected chi connectivity index (χ3v) is 6.18. The van der Waals surface area contributed by atoms with E-state index in [0.717, 1.165) is 22.4 Å². The van der Waals surface area contributed by atoms with Crippen molar-refractivity contribution in [2.45, 2.75) is 25.9 Å². The van der Waals surface area contributed by atoms with Crippen LogP contribution in [0, 0.1) is 13.8 Å². The maximum absolute atomic E-state index is 12.5. The number of carbonyl (C=O) groups excluding carboxylic acids is 1. The van der Waals surface area contributed by atoms with Crippen molar-refractivity contribution < 1.29 is 14.6 Å². The molecule has 0 saturated carbocycles. The molecule has 0 aliphatic rings. The van der Waals surface area contributed by atoms with Gasteiger partial charge < -0.3 is 9.84 Å². The number of benzene rings is 3. The second-order valence-electron chi connectivity index (χ2n) is 8.09. The van der Waals surface area contributed by atoms with E-state index < -0.39 is 0 Å². The summed E-state index contributed by atoms with van der Waals surface area (Å²) in [6.45, 7) is 6.34. The third kappa shape index (κ3) is 6.11. The number of ether oxygens (including phenoxy) is 1. The minimum absolute atomic E-state index is 0.0529. The number of carbonyl (C=O) groups is 1. The summed E-state index contributed by atoms with van der Waals surface area (Å²) in [7, 11) is 0. The number of hydrogen-bond acceptors (Lipinski definition) is 7. The fourth-order valence-corrected chi connectivity index (χ4v) is 4.15. The summed E-state index contributed by atoms with van der Waals surface area (Å²) in [5, 5.41) is 23.2. The van der Waals surface area contributed by atoms with E-state index in [0.29, 0.717) is 28.9 Å². The number of nitrogens with zero attached hydrogens (tertiary/aromatic N) is 4. The molecule has 2 N–H and O–H groups in total. The Morgan fingerprint density at radius 2 is 1.75 bits per heavy atom. The number of nitrogens with one attached hydrogen (secondary N) is 1. The minimum Gasteiger partial charge on any atom is -0.504 e. The molecule has 0 radical (unpaired) electrons. The van der Waals surface area contributed by atoms with E-state index in [4.69, 9.17) is 4.74 Å². The van der Waals surface area contributed by atoms with E-state index in [1.807, 2.05) is 73.9 Å². The molecule has 8 nitrogen and oxygen atoms in total. The molecule has 0 unspecified atom stereocenters. The number of phenolic OH excluding ortho intramolecular Hbond substituents is 1. The van der Waals surface area contributed by atoms with Gasteiger partial charge in [0, 0.05) is 11.3 Å². The maximum atomic E-state index is 12.5. The average Bonchev–Trinajstić information content (AvgIpc) is 3.29. The molecule has 0 saturated heterocycles. The van der Waals surface area contributed by atoms with E-state index in [1.165, 1.54) is 24.0 Å². The van der Waals surface area contributed by atoms with Crippen LogP contribution < -0.4 is 10.2 Å². The van der Waals surface area contributed by atoms with Gasteiger partial charge in [-0.15, -0.1) is 10.2 Å². The largest absolute Gasteiger partial charge is 0.504 e. The Labute approximate surface area is 214 Å². The summed E-state index contributed by atoms with van der Waals surface area (Å²) >= 11 is 1.28. The molecule has 3 aromatic carbocycles. The van der Waals surface area contributed by atoms with Crippen LogP contribution in [0.4, 0.5) is 0 Å². The Morgan fingerprint density at radius 1 is 1.06 bits per heavy atom. The number of phenols is 1. The van der Waals surface area contributed by atoms with Crippen molar-refractivity contribution in [3.05, 3.63) is 83.4 Å². The van der Waals surface area contributed by atoms with Gasteiger partial charge in [0.2, 0.25) is 0 Å². The van der Waals surface area contributed by atoms with Gasteiger partial charge in [-0.25, -0.2) is 5.43 Å². The summed E-state index contributed by atoms with van der Waals surface area (Å²) in [6, 6.07) is 21.0. The van der Waals surface area contributed by atoms with Crippen LogP contribution in [0.25, 0.3) is 17.1 Å². The van der Waals surface area contributed by atoms with Gasteiger partial charge in [0.25, 0.3) is 5.91 Å². The normalized spacial score (nSPS) is 11.1. The van der Waals surface area contributed by atoms with Crippen molar-refractivity contribution in [2.75, 3.05) is 12.4 Å². The summed E-state index contributed by atoms with van der Waals surface area (Å²) in [5.74, 6) is 0.947. The number of aryl methyl sites for hydroxylation is 2. The Bertz CT molecular complexity index is 1370. The van der Waals surface area contributed by atoms with Crippen molar-refractivity contribution in [3.63, 3.8) is 0 Å². The van der Waals surface area contributed by atoms with Gasteiger partial charge in [-0.1, -0.05) is 59.3 Å². The fourth-order valence-electron chi connectivity index (χ4n) is 3.40. The Balaban J connectivity index is 1.47. The van der Waals surface area contributed by atoms with Crippen molar-refractivity contribution in [1.82, 2.24) is 20.2 Å². The number of thioether (sulfide) groups is 1. The average molecular weight is 502 g/mol. The zero-order chi connectivity index (χ0) is 25.5. The van der Waals surface area contributed by atoms with Crippen LogP contribution in [0.15, 0.2) is 77.0 Å². The molecule has 0 aliphatic heterocycles. The molecular weight excluding hydrogens is 474 g/mol. The highest BCUT2D eigenvalue weighted by molar-refractivity contribution is 7.99. The minimum atomic E-state index is -0.282. The predicted octanol–water partition coefficient (Wildman–Crippen LogP) is 4.90. The van der Waals surface area contributed by atoms with Gasteiger partial charge in [-0.05, 0) is 56.7 Å². The number of amides is 1. The molecule has 0 bridgehead atoms. The number of rotatable bonds is 9. The second-order valence-corrected chi connectivity index (χ2v) is 9.03. The maximum Gasteiger partial charge on any atom is 0.250 e. The van der Waals surface area contributed by atoms with E-state index in [-0.39, 0.29) is 17.4 Å². The van der Waals surface area contributed by atoms with E-state index in [2.05, 4.69) is 20.7 Å². The topological polar surface area (TPSA) is 102 Å². The lowest BCUT2D eigenvalue weighted by Gasteiger charge is -2.11. The van der Waals surface area contributed by atoms with E-state index >= 15 is 0 Å². The second kappa shape index (κ2) is 11.5. The highest BCUT2D eigenvalue weighted by Gasteiger charge is 2.17. The summed E-state index contributed by atoms with van der Waals surface area (Å²) < 4.78 is 7.32. The van der Waals surface area contributed by atoms with Gasteiger partial charge in [0.05, 0.1) is 18.6 Å². The van der Waals surface area contributed by atoms with Crippen LogP contribution in [0.1, 0.15) is 23.6 Å². The lowest BCUT2D eigenvalue weighted by molar-refractivity contribution is -0.118. The molecule has 4 rings (SSSR count). The molecule has 184 valence electrons. The molecular formula is C27H27N5O3S. The third-order valence-electron chi connectivity index (χ3n) is 5.25. The lowest BCUT2D eigenvalue weighted by Crippen LogP contribution is -2.20. The number of aromatic nitrogens is 3. The number of aromatic hydroxyl groups is 1. The van der Waals surface area contributed by atoms with Crippen LogP contribution >= 0.6 is 11.8 Å². The van der Waals surface area contributed by atoms with Crippen LogP contribution in [-0.2, 0) is 4.79 Å². The van der Waals surface area contributed by atoms with Crippen LogP contribution in [-0.4, -0.2) is 44.4 Å². The summed E-state index contributed by atoms with van der Waals surface area (Å²) in [5.41, 5.74) is 7.38. The van der Waals surface area contributed by atoms with Crippen LogP contribution in [0.2, 0.25) is 0 Å². The first kappa shape index (κ1) is 25.0. The fraction of sp³-hybridized carbons (Fsp3) is 0.185. The predicted molar refractivity (Wildman–Crippen MR) is 142 cm³/mol. The van der Waals surface area contributed by atoms with E-state index in [9.17, 15) is 9.90 Å². The standard InChI is InChI=1S/C27H27N5O3S/c1-4-35-24-15-20(9-14-23(24)33)16-28-29-25(34)17-36-27-31-30-26(21-10-5-18(2)6-11-21)32(27)22-12-7-19(3)8-13-22/h5-16,33H,4,17H2,1-3H3,(H,29,34)/b28-16-. The molecule has 0 fully saturated rings. The zero-order valence-electron chi connectivity index (χ0n) is 20.3. The van der Waals surface area contributed by atoms with Crippen molar-refractivity contribution in [3.8, 4) is 28.6 Å². The zero-order valence-corrected chi connectivity index (χ0v) is 21.1. The van der Waals surface area contributed by atoms with E-state index in [1.54, 1.807) is 12.1 Å². The molecule has 36 heavy (non-hydrogen) atoms. The number of hydrazone groups is 1. The highest BCUT2D eigenvalue weighted by Crippen LogP contribution is 2.28. The van der Waals surface area contributed by atoms with Crippen LogP contribution in [0.3, 0.4) is 0 Å². The lowest BCUT2D eigenvalue weighted by atomic mass is 10.1. The van der Waals surface area contributed by atoms with Gasteiger partial charge in [0.1, 0.15) is 0 Å². The SMILES string of the molecule is CCOc1cc(/C=N\NC(=O)CSc2nnc(-c3ccc(C)cc3)n2-c2ccc(C)cc2)ccc1O. The highest BCUT2D eigenvalue weighted by atomic mass is 32.2. The molecule has 0 spiro atoms. The quantitative estimate of drug-likeness (QED) is 0.192. The first-order valence-corrected chi connectivity index (χ1v) is 12.4. The molecule has 4 aromatic rings. The first-order valence-electron chi connectivity index (χ1n) is 11.4. The molecule has 1 aromatic heterocycles. The molecule has 9 heteroatoms. The molecule has 1 heterocycles. The molecule has 1 amide bonds. The van der Waals surface area contributed by atoms with Gasteiger partial charge in [-0.3, -0.25) is 9.36 Å². The Kier molecular flexibility index (Phi) is 8.02. The first-order chi connectivity index (χ1) is 17.4.